The molecule has 1 aromatic heterocycles. The van der Waals surface area contributed by atoms with Gasteiger partial charge in [0.1, 0.15) is 10.8 Å². The Morgan fingerprint density at radius 3 is 2.81 bits per heavy atom. The maximum atomic E-state index is 12.8. The number of amides is 2. The largest absolute Gasteiger partial charge is 0.492 e. The van der Waals surface area contributed by atoms with Crippen molar-refractivity contribution in [2.24, 2.45) is 0 Å². The highest BCUT2D eigenvalue weighted by Gasteiger charge is 2.42. The quantitative estimate of drug-likeness (QED) is 0.779. The topological polar surface area (TPSA) is 96.8 Å². The average molecular weight is 372 g/mol. The fourth-order valence-electron chi connectivity index (χ4n) is 2.65. The van der Waals surface area contributed by atoms with E-state index in [-0.39, 0.29) is 22.9 Å². The van der Waals surface area contributed by atoms with Crippen LogP contribution in [0, 0.1) is 0 Å². The highest BCUT2D eigenvalue weighted by atomic mass is 32.2. The van der Waals surface area contributed by atoms with Gasteiger partial charge in [0.25, 0.3) is 0 Å². The van der Waals surface area contributed by atoms with Crippen molar-refractivity contribution < 1.29 is 24.2 Å². The summed E-state index contributed by atoms with van der Waals surface area (Å²) in [6.45, 7) is 2.22. The van der Waals surface area contributed by atoms with Crippen LogP contribution in [0.4, 0.5) is 5.69 Å². The number of hydrogen-bond acceptors (Lipinski definition) is 6. The van der Waals surface area contributed by atoms with Crippen LogP contribution in [-0.2, 0) is 9.59 Å². The summed E-state index contributed by atoms with van der Waals surface area (Å²) in [6.07, 6.45) is 1.43. The number of anilines is 1. The number of rotatable bonds is 6. The number of ether oxygens (including phenoxy) is 1. The third-order valence-corrected chi connectivity index (χ3v) is 4.97. The van der Waals surface area contributed by atoms with Crippen LogP contribution in [0.5, 0.6) is 5.75 Å². The predicted octanol–water partition coefficient (Wildman–Crippen LogP) is 2.60. The standard InChI is InChI=1S/C18H16N2O5S/c1-2-25-13-8-4-3-7-12(13)20-15(21)10-14(17(20)22)26-16-11(18(23)24)6-5-9-19-16/h3-9,14H,2,10H2,1H3,(H,23,24)/t14-/m1/s1. The zero-order valence-corrected chi connectivity index (χ0v) is 14.7. The zero-order valence-electron chi connectivity index (χ0n) is 13.9. The summed E-state index contributed by atoms with van der Waals surface area (Å²) < 4.78 is 5.51. The number of para-hydroxylation sites is 2. The average Bonchev–Trinajstić information content (AvgIpc) is 2.90. The molecule has 0 saturated carbocycles. The second-order valence-electron chi connectivity index (χ2n) is 5.44. The van der Waals surface area contributed by atoms with E-state index >= 15 is 0 Å². The number of hydrogen-bond donors (Lipinski definition) is 1. The molecule has 0 aliphatic carbocycles. The lowest BCUT2D eigenvalue weighted by molar-refractivity contribution is -0.121. The molecule has 8 heteroatoms. The van der Waals surface area contributed by atoms with E-state index in [1.165, 1.54) is 18.3 Å². The SMILES string of the molecule is CCOc1ccccc1N1C(=O)C[C@@H](Sc2ncccc2C(=O)O)C1=O. The molecule has 1 atom stereocenters. The van der Waals surface area contributed by atoms with Crippen LogP contribution in [-0.4, -0.2) is 39.7 Å². The minimum Gasteiger partial charge on any atom is -0.492 e. The van der Waals surface area contributed by atoms with Gasteiger partial charge in [0.2, 0.25) is 11.8 Å². The van der Waals surface area contributed by atoms with E-state index in [1.807, 2.05) is 6.92 Å². The lowest BCUT2D eigenvalue weighted by Crippen LogP contribution is -2.31. The van der Waals surface area contributed by atoms with Crippen molar-refractivity contribution in [3.05, 3.63) is 48.2 Å². The normalized spacial score (nSPS) is 16.8. The lowest BCUT2D eigenvalue weighted by atomic mass is 10.2. The molecule has 1 saturated heterocycles. The Bertz CT molecular complexity index is 870. The van der Waals surface area contributed by atoms with Crippen molar-refractivity contribution in [2.75, 3.05) is 11.5 Å². The molecule has 3 rings (SSSR count). The maximum absolute atomic E-state index is 12.8. The van der Waals surface area contributed by atoms with Crippen LogP contribution in [0.2, 0.25) is 0 Å². The van der Waals surface area contributed by atoms with Gasteiger partial charge in [-0.05, 0) is 31.2 Å². The highest BCUT2D eigenvalue weighted by Crippen LogP contribution is 2.37. The van der Waals surface area contributed by atoms with Crippen LogP contribution in [0.1, 0.15) is 23.7 Å². The number of carboxylic acid groups (broad SMARTS) is 1. The van der Waals surface area contributed by atoms with Gasteiger partial charge in [0, 0.05) is 12.6 Å². The van der Waals surface area contributed by atoms with Crippen molar-refractivity contribution in [1.82, 2.24) is 4.98 Å². The Labute approximate surface area is 154 Å². The molecular weight excluding hydrogens is 356 g/mol. The summed E-state index contributed by atoms with van der Waals surface area (Å²) in [7, 11) is 0. The number of carbonyl (C=O) groups is 3. The molecule has 0 radical (unpaired) electrons. The Kier molecular flexibility index (Phi) is 5.22. The molecule has 1 aliphatic heterocycles. The molecule has 1 N–H and O–H groups in total. The first kappa shape index (κ1) is 17.9. The fourth-order valence-corrected chi connectivity index (χ4v) is 3.76. The second kappa shape index (κ2) is 7.57. The van der Waals surface area contributed by atoms with Gasteiger partial charge in [-0.3, -0.25) is 9.59 Å². The maximum Gasteiger partial charge on any atom is 0.338 e. The number of nitrogens with zero attached hydrogens (tertiary/aromatic N) is 2. The Morgan fingerprint density at radius 2 is 2.08 bits per heavy atom. The van der Waals surface area contributed by atoms with Crippen molar-refractivity contribution in [1.29, 1.82) is 0 Å². The molecule has 26 heavy (non-hydrogen) atoms. The smallest absolute Gasteiger partial charge is 0.338 e. The number of thioether (sulfide) groups is 1. The number of imide groups is 1. The molecule has 0 unspecified atom stereocenters. The summed E-state index contributed by atoms with van der Waals surface area (Å²) in [5, 5.41) is 8.73. The highest BCUT2D eigenvalue weighted by molar-refractivity contribution is 8.00. The van der Waals surface area contributed by atoms with E-state index in [4.69, 9.17) is 4.74 Å². The van der Waals surface area contributed by atoms with Gasteiger partial charge in [-0.1, -0.05) is 23.9 Å². The number of pyridine rings is 1. The van der Waals surface area contributed by atoms with Crippen LogP contribution >= 0.6 is 11.8 Å². The Hall–Kier alpha value is -2.87. The monoisotopic (exact) mass is 372 g/mol. The third kappa shape index (κ3) is 3.41. The molecule has 2 aromatic rings. The molecule has 7 nitrogen and oxygen atoms in total. The Balaban J connectivity index is 1.88. The van der Waals surface area contributed by atoms with Gasteiger partial charge in [-0.15, -0.1) is 0 Å². The van der Waals surface area contributed by atoms with Gasteiger partial charge in [-0.2, -0.15) is 0 Å². The number of carboxylic acids is 1. The molecule has 134 valence electrons. The van der Waals surface area contributed by atoms with Crippen molar-refractivity contribution in [3.8, 4) is 5.75 Å². The molecule has 0 spiro atoms. The summed E-state index contributed by atoms with van der Waals surface area (Å²) in [5.74, 6) is -1.44. The van der Waals surface area contributed by atoms with Gasteiger partial charge in [0.15, 0.2) is 0 Å². The Morgan fingerprint density at radius 1 is 1.31 bits per heavy atom. The number of aromatic nitrogens is 1. The summed E-state index contributed by atoms with van der Waals surface area (Å²) in [4.78, 5) is 41.7. The first-order valence-electron chi connectivity index (χ1n) is 7.96. The fraction of sp³-hybridized carbons (Fsp3) is 0.222. The van der Waals surface area contributed by atoms with Gasteiger partial charge < -0.3 is 9.84 Å². The van der Waals surface area contributed by atoms with E-state index in [2.05, 4.69) is 4.98 Å². The van der Waals surface area contributed by atoms with E-state index in [1.54, 1.807) is 24.3 Å². The summed E-state index contributed by atoms with van der Waals surface area (Å²) in [6, 6.07) is 9.76. The van der Waals surface area contributed by atoms with Crippen LogP contribution < -0.4 is 9.64 Å². The molecule has 2 amide bonds. The second-order valence-corrected chi connectivity index (χ2v) is 6.63. The molecule has 1 aromatic carbocycles. The van der Waals surface area contributed by atoms with Gasteiger partial charge in [-0.25, -0.2) is 14.7 Å². The minimum atomic E-state index is -1.13. The van der Waals surface area contributed by atoms with E-state index in [0.29, 0.717) is 18.0 Å². The molecule has 1 aliphatic rings. The van der Waals surface area contributed by atoms with E-state index in [0.717, 1.165) is 16.7 Å². The number of benzene rings is 1. The third-order valence-electron chi connectivity index (χ3n) is 3.77. The molecule has 0 bridgehead atoms. The van der Waals surface area contributed by atoms with Crippen molar-refractivity contribution in [2.45, 2.75) is 23.6 Å². The van der Waals surface area contributed by atoms with E-state index < -0.39 is 17.1 Å². The summed E-state index contributed by atoms with van der Waals surface area (Å²) in [5.41, 5.74) is 0.401. The summed E-state index contributed by atoms with van der Waals surface area (Å²) >= 11 is 0.991. The predicted molar refractivity (Wildman–Crippen MR) is 95.6 cm³/mol. The van der Waals surface area contributed by atoms with Crippen molar-refractivity contribution >= 4 is 35.2 Å². The van der Waals surface area contributed by atoms with Gasteiger partial charge >= 0.3 is 5.97 Å². The van der Waals surface area contributed by atoms with Crippen LogP contribution in [0.3, 0.4) is 0 Å². The van der Waals surface area contributed by atoms with Crippen molar-refractivity contribution in [3.63, 3.8) is 0 Å². The molecule has 1 fully saturated rings. The van der Waals surface area contributed by atoms with Crippen LogP contribution in [0.15, 0.2) is 47.6 Å². The molecular formula is C18H16N2O5S. The minimum absolute atomic E-state index is 0.00548. The zero-order chi connectivity index (χ0) is 18.7. The van der Waals surface area contributed by atoms with Crippen LogP contribution in [0.25, 0.3) is 0 Å². The first-order valence-corrected chi connectivity index (χ1v) is 8.84. The van der Waals surface area contributed by atoms with Gasteiger partial charge in [0.05, 0.1) is 23.1 Å². The van der Waals surface area contributed by atoms with E-state index in [9.17, 15) is 19.5 Å². The molecule has 2 heterocycles. The lowest BCUT2D eigenvalue weighted by Gasteiger charge is -2.18. The number of aromatic carboxylic acids is 1. The number of carbonyl (C=O) groups excluding carboxylic acids is 2. The first-order chi connectivity index (χ1) is 12.5.